The largest absolute Gasteiger partial charge is 0.504 e. The predicted octanol–water partition coefficient (Wildman–Crippen LogP) is 2.90. The number of hydrogen-bond acceptors (Lipinski definition) is 7. The highest BCUT2D eigenvalue weighted by molar-refractivity contribution is 5.85. The number of hydrogen-bond donors (Lipinski definition) is 2. The number of rotatable bonds is 4. The van der Waals surface area contributed by atoms with Gasteiger partial charge in [0.15, 0.2) is 28.8 Å². The number of phenols is 2. The van der Waals surface area contributed by atoms with E-state index in [9.17, 15) is 15.0 Å². The summed E-state index contributed by atoms with van der Waals surface area (Å²) in [5, 5.41) is 19.8. The lowest BCUT2D eigenvalue weighted by molar-refractivity contribution is 0.372. The van der Waals surface area contributed by atoms with Crippen molar-refractivity contribution in [1.29, 1.82) is 0 Å². The van der Waals surface area contributed by atoms with Crippen LogP contribution in [0.2, 0.25) is 0 Å². The van der Waals surface area contributed by atoms with Gasteiger partial charge in [0, 0.05) is 11.6 Å². The maximum absolute atomic E-state index is 12.7. The highest BCUT2D eigenvalue weighted by Crippen LogP contribution is 2.38. The number of aromatic hydroxyl groups is 2. The molecule has 0 saturated carbocycles. The average molecular weight is 344 g/mol. The van der Waals surface area contributed by atoms with Crippen molar-refractivity contribution >= 4 is 11.0 Å². The Morgan fingerprint density at radius 3 is 2.20 bits per heavy atom. The summed E-state index contributed by atoms with van der Waals surface area (Å²) >= 11 is 0. The summed E-state index contributed by atoms with van der Waals surface area (Å²) in [5.74, 6) is 0.333. The molecule has 0 saturated heterocycles. The van der Waals surface area contributed by atoms with E-state index in [0.717, 1.165) is 0 Å². The highest BCUT2D eigenvalue weighted by atomic mass is 16.5. The summed E-state index contributed by atoms with van der Waals surface area (Å²) in [6.07, 6.45) is 0. The number of ether oxygens (including phenoxy) is 3. The van der Waals surface area contributed by atoms with Crippen LogP contribution in [0.25, 0.3) is 22.3 Å². The molecule has 0 amide bonds. The lowest BCUT2D eigenvalue weighted by atomic mass is 10.1. The van der Waals surface area contributed by atoms with Crippen LogP contribution in [0, 0.1) is 0 Å². The van der Waals surface area contributed by atoms with E-state index in [2.05, 4.69) is 0 Å². The number of fused-ring (bicyclic) bond motifs is 1. The first-order valence-electron chi connectivity index (χ1n) is 7.29. The summed E-state index contributed by atoms with van der Waals surface area (Å²) in [4.78, 5) is 12.7. The third kappa shape index (κ3) is 2.69. The van der Waals surface area contributed by atoms with Crippen LogP contribution in [0.4, 0.5) is 0 Å². The Labute approximate surface area is 142 Å². The van der Waals surface area contributed by atoms with Crippen molar-refractivity contribution in [3.63, 3.8) is 0 Å². The minimum atomic E-state index is -0.441. The van der Waals surface area contributed by atoms with Crippen LogP contribution in [-0.2, 0) is 0 Å². The minimum absolute atomic E-state index is 0.0233. The monoisotopic (exact) mass is 344 g/mol. The molecule has 0 radical (unpaired) electrons. The van der Waals surface area contributed by atoms with Crippen LogP contribution in [0.5, 0.6) is 28.7 Å². The molecular formula is C18H16O7. The second-order valence-corrected chi connectivity index (χ2v) is 5.20. The zero-order chi connectivity index (χ0) is 18.1. The minimum Gasteiger partial charge on any atom is -0.504 e. The Bertz CT molecular complexity index is 1000. The molecule has 7 heteroatoms. The Hall–Kier alpha value is -3.35. The Kier molecular flexibility index (Phi) is 4.14. The predicted molar refractivity (Wildman–Crippen MR) is 90.9 cm³/mol. The summed E-state index contributed by atoms with van der Waals surface area (Å²) < 4.78 is 21.2. The van der Waals surface area contributed by atoms with Crippen LogP contribution in [0.3, 0.4) is 0 Å². The normalized spacial score (nSPS) is 10.7. The van der Waals surface area contributed by atoms with Gasteiger partial charge in [-0.05, 0) is 24.3 Å². The molecule has 0 spiro atoms. The molecule has 7 nitrogen and oxygen atoms in total. The molecule has 3 aromatic rings. The fraction of sp³-hybridized carbons (Fsp3) is 0.167. The van der Waals surface area contributed by atoms with Crippen molar-refractivity contribution in [3.05, 3.63) is 40.6 Å². The van der Waals surface area contributed by atoms with Gasteiger partial charge in [-0.3, -0.25) is 4.79 Å². The Morgan fingerprint density at radius 1 is 0.880 bits per heavy atom. The van der Waals surface area contributed by atoms with Crippen LogP contribution < -0.4 is 19.6 Å². The van der Waals surface area contributed by atoms with Crippen LogP contribution in [0.1, 0.15) is 0 Å². The summed E-state index contributed by atoms with van der Waals surface area (Å²) in [7, 11) is 4.16. The third-order valence-electron chi connectivity index (χ3n) is 3.80. The van der Waals surface area contributed by atoms with E-state index < -0.39 is 5.43 Å². The van der Waals surface area contributed by atoms with Crippen molar-refractivity contribution in [2.24, 2.45) is 0 Å². The van der Waals surface area contributed by atoms with Gasteiger partial charge in [0.2, 0.25) is 11.2 Å². The van der Waals surface area contributed by atoms with Crippen LogP contribution in [-0.4, -0.2) is 31.5 Å². The molecule has 130 valence electrons. The van der Waals surface area contributed by atoms with E-state index in [1.165, 1.54) is 45.6 Å². The molecule has 25 heavy (non-hydrogen) atoms. The Balaban J connectivity index is 2.34. The van der Waals surface area contributed by atoms with E-state index in [0.29, 0.717) is 5.56 Å². The summed E-state index contributed by atoms with van der Waals surface area (Å²) in [6.45, 7) is 0. The van der Waals surface area contributed by atoms with Crippen molar-refractivity contribution < 1.29 is 28.8 Å². The molecule has 0 bridgehead atoms. The zero-order valence-electron chi connectivity index (χ0n) is 13.8. The molecule has 2 N–H and O–H groups in total. The fourth-order valence-electron chi connectivity index (χ4n) is 2.55. The van der Waals surface area contributed by atoms with Gasteiger partial charge in [-0.15, -0.1) is 0 Å². The fourth-order valence-corrected chi connectivity index (χ4v) is 2.55. The molecule has 0 aliphatic rings. The van der Waals surface area contributed by atoms with Gasteiger partial charge in [-0.25, -0.2) is 0 Å². The van der Waals surface area contributed by atoms with Gasteiger partial charge < -0.3 is 28.8 Å². The molecule has 1 heterocycles. The summed E-state index contributed by atoms with van der Waals surface area (Å²) in [5.41, 5.74) is 0.267. The molecular weight excluding hydrogens is 328 g/mol. The maximum Gasteiger partial charge on any atom is 0.235 e. The van der Waals surface area contributed by atoms with Crippen molar-refractivity contribution in [1.82, 2.24) is 0 Å². The average Bonchev–Trinajstić information content (AvgIpc) is 2.62. The quantitative estimate of drug-likeness (QED) is 0.751. The van der Waals surface area contributed by atoms with Crippen molar-refractivity contribution in [2.45, 2.75) is 0 Å². The lowest BCUT2D eigenvalue weighted by Gasteiger charge is -2.12. The van der Waals surface area contributed by atoms with Gasteiger partial charge in [0.25, 0.3) is 0 Å². The molecule has 0 aliphatic heterocycles. The number of methoxy groups -OCH3 is 3. The first kappa shape index (κ1) is 16.5. The first-order valence-corrected chi connectivity index (χ1v) is 7.29. The number of phenolic OH excluding ortho intramolecular Hbond substituents is 2. The Morgan fingerprint density at radius 2 is 1.56 bits per heavy atom. The van der Waals surface area contributed by atoms with E-state index in [4.69, 9.17) is 18.6 Å². The molecule has 0 fully saturated rings. The molecule has 3 rings (SSSR count). The zero-order valence-corrected chi connectivity index (χ0v) is 13.8. The molecule has 0 unspecified atom stereocenters. The molecule has 0 aliphatic carbocycles. The maximum atomic E-state index is 12.7. The van der Waals surface area contributed by atoms with E-state index in [1.807, 2.05) is 0 Å². The van der Waals surface area contributed by atoms with Crippen LogP contribution in [0.15, 0.2) is 39.5 Å². The highest BCUT2D eigenvalue weighted by Gasteiger charge is 2.20. The first-order chi connectivity index (χ1) is 12.0. The molecule has 1 aromatic heterocycles. The van der Waals surface area contributed by atoms with Gasteiger partial charge in [-0.1, -0.05) is 0 Å². The molecule has 0 atom stereocenters. The van der Waals surface area contributed by atoms with E-state index >= 15 is 0 Å². The van der Waals surface area contributed by atoms with E-state index in [1.54, 1.807) is 6.07 Å². The van der Waals surface area contributed by atoms with Gasteiger partial charge in [-0.2, -0.15) is 0 Å². The topological polar surface area (TPSA) is 98.4 Å². The van der Waals surface area contributed by atoms with Gasteiger partial charge >= 0.3 is 0 Å². The van der Waals surface area contributed by atoms with Gasteiger partial charge in [0.05, 0.1) is 26.7 Å². The smallest absolute Gasteiger partial charge is 0.235 e. The lowest BCUT2D eigenvalue weighted by Crippen LogP contribution is -2.07. The number of benzene rings is 2. The van der Waals surface area contributed by atoms with Gasteiger partial charge in [0.1, 0.15) is 5.58 Å². The second-order valence-electron chi connectivity index (χ2n) is 5.20. The second kappa shape index (κ2) is 6.27. The third-order valence-corrected chi connectivity index (χ3v) is 3.80. The molecule has 2 aromatic carbocycles. The SMILES string of the molecule is COc1cc(-c2oc3cc(OC)c(O)cc3c(=O)c2OC)ccc1O. The summed E-state index contributed by atoms with van der Waals surface area (Å²) in [6, 6.07) is 7.22. The standard InChI is InChI=1S/C18H16O7/c1-22-14-6-9(4-5-11(14)19)17-18(24-3)16(21)10-7-12(20)15(23-2)8-13(10)25-17/h4-8,19-20H,1-3H3. The van der Waals surface area contributed by atoms with Crippen LogP contribution >= 0.6 is 0 Å². The van der Waals surface area contributed by atoms with E-state index in [-0.39, 0.29) is 45.5 Å². The van der Waals surface area contributed by atoms with Crippen molar-refractivity contribution in [3.8, 4) is 40.1 Å². The van der Waals surface area contributed by atoms with Crippen molar-refractivity contribution in [2.75, 3.05) is 21.3 Å².